The second-order valence-electron chi connectivity index (χ2n) is 4.17. The second-order valence-corrected chi connectivity index (χ2v) is 4.17. The number of nitrogens with zero attached hydrogens (tertiary/aromatic N) is 2. The number of carbonyl (C=O) groups excluding carboxylic acids is 2. The predicted molar refractivity (Wildman–Crippen MR) is 73.0 cm³/mol. The fourth-order valence-corrected chi connectivity index (χ4v) is 1.67. The third kappa shape index (κ3) is 3.56. The molecule has 2 rings (SSSR count). The van der Waals surface area contributed by atoms with Crippen molar-refractivity contribution in [3.63, 3.8) is 0 Å². The van der Waals surface area contributed by atoms with Crippen molar-refractivity contribution >= 4 is 23.4 Å². The molecule has 3 N–H and O–H groups in total. The van der Waals surface area contributed by atoms with Crippen LogP contribution in [0.5, 0.6) is 0 Å². The number of esters is 1. The number of nitrogen functional groups attached to an aromatic ring is 1. The number of nitrogens with two attached hydrogens (primary N) is 1. The normalized spacial score (nSPS) is 10.2. The quantitative estimate of drug-likeness (QED) is 0.820. The molecule has 0 aliphatic rings. The van der Waals surface area contributed by atoms with E-state index in [0.717, 1.165) is 6.07 Å². The van der Waals surface area contributed by atoms with Gasteiger partial charge in [0.05, 0.1) is 18.4 Å². The van der Waals surface area contributed by atoms with Crippen LogP contribution in [0.25, 0.3) is 0 Å². The highest BCUT2D eigenvalue weighted by molar-refractivity contribution is 5.94. The topological polar surface area (TPSA) is 99.2 Å². The Morgan fingerprint density at radius 3 is 2.81 bits per heavy atom. The Hall–Kier alpha value is -2.90. The van der Waals surface area contributed by atoms with Gasteiger partial charge in [0, 0.05) is 6.20 Å². The molecule has 0 fully saturated rings. The van der Waals surface area contributed by atoms with Gasteiger partial charge in [-0.3, -0.25) is 9.48 Å². The van der Waals surface area contributed by atoms with Crippen LogP contribution >= 0.6 is 0 Å². The lowest BCUT2D eigenvalue weighted by Crippen LogP contribution is -2.20. The SMILES string of the molecule is COC(=O)c1ccc(F)c(NC(=O)Cn2ccc(N)n2)c1. The van der Waals surface area contributed by atoms with Crippen LogP contribution in [0.1, 0.15) is 10.4 Å². The molecule has 0 aliphatic carbocycles. The molecule has 1 amide bonds. The number of rotatable bonds is 4. The van der Waals surface area contributed by atoms with Crippen molar-refractivity contribution in [2.45, 2.75) is 6.54 Å². The van der Waals surface area contributed by atoms with Crippen LogP contribution in [0.2, 0.25) is 0 Å². The average molecular weight is 292 g/mol. The molecular formula is C13H13FN4O3. The van der Waals surface area contributed by atoms with Crippen molar-refractivity contribution < 1.29 is 18.7 Å². The maximum atomic E-state index is 13.6. The summed E-state index contributed by atoms with van der Waals surface area (Å²) in [5.74, 6) is -1.50. The summed E-state index contributed by atoms with van der Waals surface area (Å²) in [4.78, 5) is 23.2. The maximum absolute atomic E-state index is 13.6. The maximum Gasteiger partial charge on any atom is 0.337 e. The summed E-state index contributed by atoms with van der Waals surface area (Å²) in [5.41, 5.74) is 5.45. The van der Waals surface area contributed by atoms with E-state index >= 15 is 0 Å². The van der Waals surface area contributed by atoms with Crippen LogP contribution in [0.3, 0.4) is 0 Å². The molecule has 0 atom stereocenters. The molecule has 0 saturated heterocycles. The van der Waals surface area contributed by atoms with Crippen molar-refractivity contribution in [2.75, 3.05) is 18.2 Å². The van der Waals surface area contributed by atoms with Gasteiger partial charge in [-0.05, 0) is 24.3 Å². The number of nitrogens with one attached hydrogen (secondary N) is 1. The van der Waals surface area contributed by atoms with Crippen LogP contribution in [-0.2, 0) is 16.1 Å². The van der Waals surface area contributed by atoms with Gasteiger partial charge in [-0.1, -0.05) is 0 Å². The summed E-state index contributed by atoms with van der Waals surface area (Å²) in [7, 11) is 1.21. The van der Waals surface area contributed by atoms with Gasteiger partial charge >= 0.3 is 5.97 Å². The average Bonchev–Trinajstić information content (AvgIpc) is 2.85. The highest BCUT2D eigenvalue weighted by atomic mass is 19.1. The lowest BCUT2D eigenvalue weighted by atomic mass is 10.2. The molecule has 1 heterocycles. The summed E-state index contributed by atoms with van der Waals surface area (Å²) in [6, 6.07) is 5.08. The Bertz CT molecular complexity index is 684. The lowest BCUT2D eigenvalue weighted by Gasteiger charge is -2.08. The smallest absolute Gasteiger partial charge is 0.337 e. The van der Waals surface area contributed by atoms with Crippen LogP contribution < -0.4 is 11.1 Å². The molecule has 21 heavy (non-hydrogen) atoms. The summed E-state index contributed by atoms with van der Waals surface area (Å²) in [6.07, 6.45) is 1.52. The van der Waals surface area contributed by atoms with Gasteiger partial charge in [0.25, 0.3) is 0 Å². The lowest BCUT2D eigenvalue weighted by molar-refractivity contribution is -0.116. The Morgan fingerprint density at radius 1 is 1.43 bits per heavy atom. The number of carbonyl (C=O) groups is 2. The monoisotopic (exact) mass is 292 g/mol. The van der Waals surface area contributed by atoms with Crippen molar-refractivity contribution in [3.05, 3.63) is 41.8 Å². The molecule has 0 radical (unpaired) electrons. The first kappa shape index (κ1) is 14.5. The van der Waals surface area contributed by atoms with E-state index in [1.807, 2.05) is 0 Å². The molecule has 8 heteroatoms. The number of benzene rings is 1. The predicted octanol–water partition coefficient (Wildman–Crippen LogP) is 1.03. The number of halogens is 1. The number of aromatic nitrogens is 2. The van der Waals surface area contributed by atoms with E-state index in [0.29, 0.717) is 0 Å². The van der Waals surface area contributed by atoms with E-state index in [-0.39, 0.29) is 23.6 Å². The first-order valence-corrected chi connectivity index (χ1v) is 5.96. The Balaban J connectivity index is 2.11. The third-order valence-corrected chi connectivity index (χ3v) is 2.63. The highest BCUT2D eigenvalue weighted by Gasteiger charge is 2.12. The minimum absolute atomic E-state index is 0.108. The summed E-state index contributed by atoms with van der Waals surface area (Å²) < 4.78 is 19.5. The zero-order valence-corrected chi connectivity index (χ0v) is 11.2. The molecule has 0 aliphatic heterocycles. The van der Waals surface area contributed by atoms with Gasteiger partial charge < -0.3 is 15.8 Å². The number of hydrogen-bond donors (Lipinski definition) is 2. The van der Waals surface area contributed by atoms with Crippen molar-refractivity contribution in [1.29, 1.82) is 0 Å². The van der Waals surface area contributed by atoms with Gasteiger partial charge in [-0.15, -0.1) is 0 Å². The number of methoxy groups -OCH3 is 1. The summed E-state index contributed by atoms with van der Waals surface area (Å²) in [6.45, 7) is -0.126. The van der Waals surface area contributed by atoms with E-state index in [2.05, 4.69) is 15.2 Å². The molecule has 0 bridgehead atoms. The summed E-state index contributed by atoms with van der Waals surface area (Å²) >= 11 is 0. The minimum Gasteiger partial charge on any atom is -0.465 e. The molecule has 110 valence electrons. The molecule has 1 aromatic carbocycles. The summed E-state index contributed by atoms with van der Waals surface area (Å²) in [5, 5.41) is 6.20. The molecule has 0 spiro atoms. The Labute approximate surface area is 119 Å². The Kier molecular flexibility index (Phi) is 4.17. The fraction of sp³-hybridized carbons (Fsp3) is 0.154. The van der Waals surface area contributed by atoms with Crippen LogP contribution in [0, 0.1) is 5.82 Å². The highest BCUT2D eigenvalue weighted by Crippen LogP contribution is 2.17. The van der Waals surface area contributed by atoms with Gasteiger partial charge in [0.15, 0.2) is 0 Å². The zero-order valence-electron chi connectivity index (χ0n) is 11.2. The molecule has 7 nitrogen and oxygen atoms in total. The molecule has 0 saturated carbocycles. The number of ether oxygens (including phenoxy) is 1. The van der Waals surface area contributed by atoms with Gasteiger partial charge in [-0.2, -0.15) is 5.10 Å². The molecular weight excluding hydrogens is 279 g/mol. The van der Waals surface area contributed by atoms with E-state index in [1.54, 1.807) is 0 Å². The number of hydrogen-bond acceptors (Lipinski definition) is 5. The first-order chi connectivity index (χ1) is 9.99. The van der Waals surface area contributed by atoms with Gasteiger partial charge in [-0.25, -0.2) is 9.18 Å². The van der Waals surface area contributed by atoms with Crippen LogP contribution in [0.4, 0.5) is 15.9 Å². The molecule has 1 aromatic heterocycles. The minimum atomic E-state index is -0.656. The van der Waals surface area contributed by atoms with E-state index < -0.39 is 17.7 Å². The van der Waals surface area contributed by atoms with Gasteiger partial charge in [0.1, 0.15) is 18.2 Å². The molecule has 0 unspecified atom stereocenters. The van der Waals surface area contributed by atoms with E-state index in [4.69, 9.17) is 5.73 Å². The van der Waals surface area contributed by atoms with Crippen molar-refractivity contribution in [3.8, 4) is 0 Å². The number of amides is 1. The Morgan fingerprint density at radius 2 is 2.19 bits per heavy atom. The van der Waals surface area contributed by atoms with Crippen LogP contribution in [0.15, 0.2) is 30.5 Å². The van der Waals surface area contributed by atoms with Crippen molar-refractivity contribution in [1.82, 2.24) is 9.78 Å². The number of anilines is 2. The van der Waals surface area contributed by atoms with Crippen molar-refractivity contribution in [2.24, 2.45) is 0 Å². The van der Waals surface area contributed by atoms with Gasteiger partial charge in [0.2, 0.25) is 5.91 Å². The molecule has 2 aromatic rings. The first-order valence-electron chi connectivity index (χ1n) is 5.96. The fourth-order valence-electron chi connectivity index (χ4n) is 1.67. The third-order valence-electron chi connectivity index (χ3n) is 2.63. The standard InChI is InChI=1S/C13H13FN4O3/c1-21-13(20)8-2-3-9(14)10(6-8)16-12(19)7-18-5-4-11(15)17-18/h2-6H,7H2,1H3,(H2,15,17)(H,16,19). The van der Waals surface area contributed by atoms with E-state index in [9.17, 15) is 14.0 Å². The second kappa shape index (κ2) is 6.04. The van der Waals surface area contributed by atoms with E-state index in [1.165, 1.54) is 36.2 Å². The largest absolute Gasteiger partial charge is 0.465 e. The zero-order chi connectivity index (χ0) is 15.4. The van der Waals surface area contributed by atoms with Crippen LogP contribution in [-0.4, -0.2) is 28.8 Å².